The molecule has 7 nitrogen and oxygen atoms in total. The van der Waals surface area contributed by atoms with Crippen molar-refractivity contribution in [2.45, 2.75) is 32.2 Å². The Morgan fingerprint density at radius 1 is 1.45 bits per heavy atom. The minimum atomic E-state index is -3.12. The van der Waals surface area contributed by atoms with Crippen LogP contribution in [0.15, 0.2) is 6.20 Å². The van der Waals surface area contributed by atoms with Crippen molar-refractivity contribution in [3.05, 3.63) is 11.9 Å². The second kappa shape index (κ2) is 6.45. The molecule has 0 bridgehead atoms. The van der Waals surface area contributed by atoms with Gasteiger partial charge in [-0.05, 0) is 25.9 Å². The van der Waals surface area contributed by atoms with Crippen molar-refractivity contribution in [2.24, 2.45) is 0 Å². The molecule has 1 aromatic rings. The summed E-state index contributed by atoms with van der Waals surface area (Å²) < 4.78 is 24.5. The number of carbonyl (C=O) groups is 1. The summed E-state index contributed by atoms with van der Waals surface area (Å²) in [6.45, 7) is 3.44. The first-order valence-corrected chi connectivity index (χ1v) is 8.70. The third kappa shape index (κ3) is 3.86. The molecule has 0 amide bonds. The molecule has 8 heteroatoms. The summed E-state index contributed by atoms with van der Waals surface area (Å²) in [7, 11) is -3.12. The summed E-state index contributed by atoms with van der Waals surface area (Å²) >= 11 is 0. The minimum absolute atomic E-state index is 0.0267. The Hall–Kier alpha value is -1.28. The standard InChI is InChI=1S/C12H20N4O3S/c1-2-20(18,19)8-5-12(17)11-9-16(15-14-11)10-3-6-13-7-4-10/h9-10,13H,2-8H2,1H3. The molecule has 2 rings (SSSR count). The van der Waals surface area contributed by atoms with E-state index in [0.29, 0.717) is 0 Å². The van der Waals surface area contributed by atoms with Gasteiger partial charge in [-0.15, -0.1) is 5.10 Å². The first-order chi connectivity index (χ1) is 9.52. The summed E-state index contributed by atoms with van der Waals surface area (Å²) in [4.78, 5) is 11.9. The van der Waals surface area contributed by atoms with Gasteiger partial charge in [-0.3, -0.25) is 4.79 Å². The zero-order valence-corrected chi connectivity index (χ0v) is 12.4. The maximum atomic E-state index is 11.9. The van der Waals surface area contributed by atoms with E-state index in [0.717, 1.165) is 25.9 Å². The largest absolute Gasteiger partial charge is 0.317 e. The summed E-state index contributed by atoms with van der Waals surface area (Å²) in [6, 6.07) is 0.268. The van der Waals surface area contributed by atoms with Crippen LogP contribution in [-0.2, 0) is 9.84 Å². The van der Waals surface area contributed by atoms with Gasteiger partial charge in [0.05, 0.1) is 18.0 Å². The van der Waals surface area contributed by atoms with Crippen LogP contribution in [0.3, 0.4) is 0 Å². The zero-order valence-electron chi connectivity index (χ0n) is 11.6. The molecular weight excluding hydrogens is 280 g/mol. The molecule has 0 atom stereocenters. The minimum Gasteiger partial charge on any atom is -0.317 e. The summed E-state index contributed by atoms with van der Waals surface area (Å²) in [5.74, 6) is -0.327. The number of hydrogen-bond acceptors (Lipinski definition) is 6. The highest BCUT2D eigenvalue weighted by Gasteiger charge is 2.19. The van der Waals surface area contributed by atoms with Crippen LogP contribution < -0.4 is 5.32 Å². The Labute approximate surface area is 118 Å². The summed E-state index contributed by atoms with van der Waals surface area (Å²) in [6.07, 6.45) is 3.53. The van der Waals surface area contributed by atoms with E-state index in [4.69, 9.17) is 0 Å². The average molecular weight is 300 g/mol. The van der Waals surface area contributed by atoms with E-state index >= 15 is 0 Å². The molecule has 0 aromatic carbocycles. The highest BCUT2D eigenvalue weighted by molar-refractivity contribution is 7.91. The molecule has 1 aromatic heterocycles. The Balaban J connectivity index is 1.96. The van der Waals surface area contributed by atoms with Gasteiger partial charge in [0.15, 0.2) is 5.78 Å². The predicted octanol–water partition coefficient (Wildman–Crippen LogP) is 0.210. The van der Waals surface area contributed by atoms with Crippen LogP contribution in [0.5, 0.6) is 0 Å². The average Bonchev–Trinajstić information content (AvgIpc) is 2.96. The number of hydrogen-bond donors (Lipinski definition) is 1. The van der Waals surface area contributed by atoms with Crippen LogP contribution in [0.1, 0.15) is 42.7 Å². The van der Waals surface area contributed by atoms with Crippen LogP contribution >= 0.6 is 0 Å². The van der Waals surface area contributed by atoms with E-state index in [9.17, 15) is 13.2 Å². The van der Waals surface area contributed by atoms with Crippen LogP contribution in [0, 0.1) is 0 Å². The third-order valence-electron chi connectivity index (χ3n) is 3.56. The number of rotatable bonds is 6. The van der Waals surface area contributed by atoms with Gasteiger partial charge in [0.2, 0.25) is 0 Å². The fraction of sp³-hybridized carbons (Fsp3) is 0.750. The number of sulfone groups is 1. The van der Waals surface area contributed by atoms with E-state index in [1.807, 2.05) is 0 Å². The van der Waals surface area contributed by atoms with Gasteiger partial charge >= 0.3 is 0 Å². The van der Waals surface area contributed by atoms with Gasteiger partial charge in [-0.2, -0.15) is 0 Å². The lowest BCUT2D eigenvalue weighted by Crippen LogP contribution is -2.29. The molecular formula is C12H20N4O3S. The van der Waals surface area contributed by atoms with Gasteiger partial charge in [0, 0.05) is 12.2 Å². The van der Waals surface area contributed by atoms with Crippen molar-refractivity contribution in [1.29, 1.82) is 0 Å². The molecule has 0 aliphatic carbocycles. The van der Waals surface area contributed by atoms with Crippen molar-refractivity contribution in [3.63, 3.8) is 0 Å². The van der Waals surface area contributed by atoms with Gasteiger partial charge in [-0.25, -0.2) is 13.1 Å². The molecule has 1 fully saturated rings. The molecule has 0 radical (unpaired) electrons. The molecule has 1 N–H and O–H groups in total. The van der Waals surface area contributed by atoms with E-state index in [2.05, 4.69) is 15.6 Å². The normalized spacial score (nSPS) is 17.2. The highest BCUT2D eigenvalue weighted by atomic mass is 32.2. The lowest BCUT2D eigenvalue weighted by atomic mass is 10.1. The maximum absolute atomic E-state index is 11.9. The second-order valence-electron chi connectivity index (χ2n) is 4.97. The van der Waals surface area contributed by atoms with Crippen molar-refractivity contribution in [1.82, 2.24) is 20.3 Å². The SMILES string of the molecule is CCS(=O)(=O)CCC(=O)c1cn(C2CCNCC2)nn1. The lowest BCUT2D eigenvalue weighted by Gasteiger charge is -2.22. The number of piperidine rings is 1. The Bertz CT molecular complexity index is 561. The monoisotopic (exact) mass is 300 g/mol. The van der Waals surface area contributed by atoms with Gasteiger partial charge in [0.1, 0.15) is 15.5 Å². The topological polar surface area (TPSA) is 94.0 Å². The van der Waals surface area contributed by atoms with Gasteiger partial charge in [-0.1, -0.05) is 12.1 Å². The zero-order chi connectivity index (χ0) is 14.6. The lowest BCUT2D eigenvalue weighted by molar-refractivity contribution is 0.0984. The first kappa shape index (κ1) is 15.1. The van der Waals surface area contributed by atoms with E-state index < -0.39 is 9.84 Å². The number of ketones is 1. The predicted molar refractivity (Wildman–Crippen MR) is 74.4 cm³/mol. The second-order valence-corrected chi connectivity index (χ2v) is 7.45. The fourth-order valence-electron chi connectivity index (χ4n) is 2.17. The Kier molecular flexibility index (Phi) is 4.87. The number of nitrogens with zero attached hydrogens (tertiary/aromatic N) is 3. The highest BCUT2D eigenvalue weighted by Crippen LogP contribution is 2.17. The van der Waals surface area contributed by atoms with Crippen LogP contribution in [0.25, 0.3) is 0 Å². The fourth-order valence-corrected chi connectivity index (χ4v) is 2.96. The van der Waals surface area contributed by atoms with Crippen LogP contribution in [-0.4, -0.2) is 53.8 Å². The van der Waals surface area contributed by atoms with Gasteiger partial charge < -0.3 is 5.32 Å². The Morgan fingerprint density at radius 2 is 2.15 bits per heavy atom. The summed E-state index contributed by atoms with van der Waals surface area (Å²) in [5.41, 5.74) is 0.259. The maximum Gasteiger partial charge on any atom is 0.185 e. The van der Waals surface area contributed by atoms with Crippen molar-refractivity contribution < 1.29 is 13.2 Å². The molecule has 0 unspecified atom stereocenters. The van der Waals surface area contributed by atoms with Crippen molar-refractivity contribution >= 4 is 15.6 Å². The molecule has 2 heterocycles. The third-order valence-corrected chi connectivity index (χ3v) is 5.26. The van der Waals surface area contributed by atoms with Crippen molar-refractivity contribution in [3.8, 4) is 0 Å². The van der Waals surface area contributed by atoms with E-state index in [1.54, 1.807) is 17.8 Å². The van der Waals surface area contributed by atoms with E-state index in [1.165, 1.54) is 0 Å². The Morgan fingerprint density at radius 3 is 2.80 bits per heavy atom. The number of nitrogens with one attached hydrogen (secondary N) is 1. The molecule has 20 heavy (non-hydrogen) atoms. The molecule has 0 spiro atoms. The first-order valence-electron chi connectivity index (χ1n) is 6.88. The van der Waals surface area contributed by atoms with Crippen LogP contribution in [0.4, 0.5) is 0 Å². The number of aromatic nitrogens is 3. The molecule has 112 valence electrons. The molecule has 1 aliphatic heterocycles. The number of carbonyl (C=O) groups excluding carboxylic acids is 1. The van der Waals surface area contributed by atoms with Crippen molar-refractivity contribution in [2.75, 3.05) is 24.6 Å². The quantitative estimate of drug-likeness (QED) is 0.755. The molecule has 0 saturated carbocycles. The smallest absolute Gasteiger partial charge is 0.185 e. The van der Waals surface area contributed by atoms with Crippen LogP contribution in [0.2, 0.25) is 0 Å². The number of Topliss-reactive ketones (excluding diaryl/α,β-unsaturated/α-hetero) is 1. The van der Waals surface area contributed by atoms with Gasteiger partial charge in [0.25, 0.3) is 0 Å². The van der Waals surface area contributed by atoms with E-state index in [-0.39, 0.29) is 35.4 Å². The molecule has 1 saturated heterocycles. The summed E-state index contributed by atoms with van der Waals surface area (Å²) in [5, 5.41) is 11.1. The molecule has 1 aliphatic rings.